The van der Waals surface area contributed by atoms with Gasteiger partial charge in [-0.25, -0.2) is 4.79 Å². The normalized spacial score (nSPS) is 14.5. The molecular weight excluding hydrogens is 260 g/mol. The van der Waals surface area contributed by atoms with E-state index in [9.17, 15) is 15.0 Å². The highest BCUT2D eigenvalue weighted by Gasteiger charge is 2.26. The van der Waals surface area contributed by atoms with Gasteiger partial charge in [0.1, 0.15) is 17.5 Å². The van der Waals surface area contributed by atoms with Crippen molar-refractivity contribution in [3.8, 4) is 5.75 Å². The number of ether oxygens (including phenoxy) is 2. The molecule has 2 N–H and O–H groups in total. The molecule has 1 rings (SSSR count). The van der Waals surface area contributed by atoms with Crippen LogP contribution in [0.3, 0.4) is 0 Å². The van der Waals surface area contributed by atoms with Crippen LogP contribution in [-0.2, 0) is 9.53 Å². The summed E-state index contributed by atoms with van der Waals surface area (Å²) in [7, 11) is 0. The standard InChI is InChI=1S/C15H22O5/c1-5-19-14(18)13(17)12(16)10-6-8-11(9-7-10)20-15(2,3)4/h6-9,12-13,16-17H,5H2,1-4H3. The molecule has 112 valence electrons. The third-order valence-corrected chi connectivity index (χ3v) is 2.47. The van der Waals surface area contributed by atoms with Crippen LogP contribution in [0.1, 0.15) is 39.4 Å². The molecule has 1 aromatic rings. The molecule has 5 heteroatoms. The van der Waals surface area contributed by atoms with Gasteiger partial charge < -0.3 is 19.7 Å². The van der Waals surface area contributed by atoms with Gasteiger partial charge in [0.05, 0.1) is 6.61 Å². The number of esters is 1. The second-order valence-electron chi connectivity index (χ2n) is 5.43. The number of benzene rings is 1. The van der Waals surface area contributed by atoms with E-state index < -0.39 is 18.2 Å². The molecule has 0 aliphatic carbocycles. The fraction of sp³-hybridized carbons (Fsp3) is 0.533. The van der Waals surface area contributed by atoms with E-state index in [0.29, 0.717) is 11.3 Å². The molecular formula is C15H22O5. The Hall–Kier alpha value is -1.59. The van der Waals surface area contributed by atoms with E-state index in [0.717, 1.165) is 0 Å². The molecule has 2 unspecified atom stereocenters. The molecule has 0 aliphatic rings. The zero-order valence-electron chi connectivity index (χ0n) is 12.3. The highest BCUT2D eigenvalue weighted by molar-refractivity contribution is 5.75. The van der Waals surface area contributed by atoms with Gasteiger partial charge in [0, 0.05) is 0 Å². The predicted molar refractivity (Wildman–Crippen MR) is 74.4 cm³/mol. The SMILES string of the molecule is CCOC(=O)C(O)C(O)c1ccc(OC(C)(C)C)cc1. The summed E-state index contributed by atoms with van der Waals surface area (Å²) in [4.78, 5) is 11.4. The number of aliphatic hydroxyl groups excluding tert-OH is 2. The van der Waals surface area contributed by atoms with E-state index in [1.165, 1.54) is 0 Å². The van der Waals surface area contributed by atoms with Gasteiger partial charge in [0.15, 0.2) is 6.10 Å². The van der Waals surface area contributed by atoms with Crippen molar-refractivity contribution in [3.05, 3.63) is 29.8 Å². The van der Waals surface area contributed by atoms with Crippen LogP contribution in [0.25, 0.3) is 0 Å². The van der Waals surface area contributed by atoms with Gasteiger partial charge in [-0.2, -0.15) is 0 Å². The Kier molecular flexibility index (Phi) is 5.53. The Morgan fingerprint density at radius 3 is 2.20 bits per heavy atom. The summed E-state index contributed by atoms with van der Waals surface area (Å²) in [6.07, 6.45) is -2.91. The maximum absolute atomic E-state index is 11.4. The van der Waals surface area contributed by atoms with Crippen molar-refractivity contribution in [1.29, 1.82) is 0 Å². The molecule has 0 amide bonds. The minimum atomic E-state index is -1.59. The van der Waals surface area contributed by atoms with E-state index in [4.69, 9.17) is 4.74 Å². The first-order valence-corrected chi connectivity index (χ1v) is 6.56. The molecule has 2 atom stereocenters. The fourth-order valence-electron chi connectivity index (χ4n) is 1.63. The number of hydrogen-bond acceptors (Lipinski definition) is 5. The molecule has 20 heavy (non-hydrogen) atoms. The Morgan fingerprint density at radius 2 is 1.75 bits per heavy atom. The maximum atomic E-state index is 11.4. The molecule has 0 radical (unpaired) electrons. The predicted octanol–water partition coefficient (Wildman–Crippen LogP) is 1.82. The topological polar surface area (TPSA) is 76.0 Å². The van der Waals surface area contributed by atoms with Gasteiger partial charge in [-0.15, -0.1) is 0 Å². The first-order valence-electron chi connectivity index (χ1n) is 6.56. The van der Waals surface area contributed by atoms with Crippen LogP contribution in [0.5, 0.6) is 5.75 Å². The lowest BCUT2D eigenvalue weighted by Crippen LogP contribution is -2.29. The molecule has 0 saturated carbocycles. The summed E-state index contributed by atoms with van der Waals surface area (Å²) < 4.78 is 10.3. The van der Waals surface area contributed by atoms with E-state index in [-0.39, 0.29) is 12.2 Å². The molecule has 5 nitrogen and oxygen atoms in total. The average Bonchev–Trinajstić information content (AvgIpc) is 2.36. The van der Waals surface area contributed by atoms with Crippen molar-refractivity contribution in [2.75, 3.05) is 6.61 Å². The number of aliphatic hydroxyl groups is 2. The van der Waals surface area contributed by atoms with E-state index in [2.05, 4.69) is 4.74 Å². The quantitative estimate of drug-likeness (QED) is 0.806. The molecule has 0 saturated heterocycles. The lowest BCUT2D eigenvalue weighted by molar-refractivity contribution is -0.159. The summed E-state index contributed by atoms with van der Waals surface area (Å²) in [6.45, 7) is 7.58. The van der Waals surface area contributed by atoms with Crippen molar-refractivity contribution in [2.45, 2.75) is 45.5 Å². The fourth-order valence-corrected chi connectivity index (χ4v) is 1.63. The summed E-state index contributed by atoms with van der Waals surface area (Å²) in [5.41, 5.74) is 0.108. The Balaban J connectivity index is 2.75. The second kappa shape index (κ2) is 6.72. The smallest absolute Gasteiger partial charge is 0.338 e. The lowest BCUT2D eigenvalue weighted by atomic mass is 10.0. The van der Waals surface area contributed by atoms with E-state index >= 15 is 0 Å². The number of carbonyl (C=O) groups is 1. The third-order valence-electron chi connectivity index (χ3n) is 2.47. The highest BCUT2D eigenvalue weighted by Crippen LogP contribution is 2.23. The molecule has 0 spiro atoms. The van der Waals surface area contributed by atoms with Crippen LogP contribution in [-0.4, -0.2) is 34.5 Å². The second-order valence-corrected chi connectivity index (χ2v) is 5.43. The minimum Gasteiger partial charge on any atom is -0.488 e. The summed E-state index contributed by atoms with van der Waals surface area (Å²) in [6, 6.07) is 6.58. The number of rotatable bonds is 5. The zero-order valence-corrected chi connectivity index (χ0v) is 12.3. The third kappa shape index (κ3) is 4.83. The van der Waals surface area contributed by atoms with Crippen LogP contribution in [0.15, 0.2) is 24.3 Å². The van der Waals surface area contributed by atoms with Crippen LogP contribution >= 0.6 is 0 Å². The molecule has 0 aromatic heterocycles. The summed E-state index contributed by atoms with van der Waals surface area (Å²) >= 11 is 0. The first kappa shape index (κ1) is 16.5. The molecule has 0 heterocycles. The highest BCUT2D eigenvalue weighted by atomic mass is 16.5. The van der Waals surface area contributed by atoms with Gasteiger partial charge in [0.2, 0.25) is 0 Å². The van der Waals surface area contributed by atoms with E-state index in [1.54, 1.807) is 31.2 Å². The zero-order chi connectivity index (χ0) is 15.3. The van der Waals surface area contributed by atoms with Gasteiger partial charge >= 0.3 is 5.97 Å². The van der Waals surface area contributed by atoms with Crippen molar-refractivity contribution >= 4 is 5.97 Å². The first-order chi connectivity index (χ1) is 9.24. The van der Waals surface area contributed by atoms with E-state index in [1.807, 2.05) is 20.8 Å². The van der Waals surface area contributed by atoms with Crippen LogP contribution in [0.2, 0.25) is 0 Å². The average molecular weight is 282 g/mol. The molecule has 0 bridgehead atoms. The molecule has 0 aliphatic heterocycles. The van der Waals surface area contributed by atoms with Crippen LogP contribution < -0.4 is 4.74 Å². The summed E-state index contributed by atoms with van der Waals surface area (Å²) in [5.74, 6) is -0.186. The summed E-state index contributed by atoms with van der Waals surface area (Å²) in [5, 5.41) is 19.6. The monoisotopic (exact) mass is 282 g/mol. The largest absolute Gasteiger partial charge is 0.488 e. The Labute approximate surface area is 119 Å². The maximum Gasteiger partial charge on any atom is 0.338 e. The van der Waals surface area contributed by atoms with Crippen molar-refractivity contribution < 1.29 is 24.5 Å². The minimum absolute atomic E-state index is 0.154. The molecule has 1 aromatic carbocycles. The van der Waals surface area contributed by atoms with Gasteiger partial charge in [0.25, 0.3) is 0 Å². The van der Waals surface area contributed by atoms with Crippen LogP contribution in [0, 0.1) is 0 Å². The van der Waals surface area contributed by atoms with Crippen molar-refractivity contribution in [3.63, 3.8) is 0 Å². The van der Waals surface area contributed by atoms with Crippen molar-refractivity contribution in [2.24, 2.45) is 0 Å². The Morgan fingerprint density at radius 1 is 1.20 bits per heavy atom. The van der Waals surface area contributed by atoms with Gasteiger partial charge in [-0.05, 0) is 45.4 Å². The van der Waals surface area contributed by atoms with Gasteiger partial charge in [-0.3, -0.25) is 0 Å². The lowest BCUT2D eigenvalue weighted by Gasteiger charge is -2.22. The van der Waals surface area contributed by atoms with Crippen molar-refractivity contribution in [1.82, 2.24) is 0 Å². The van der Waals surface area contributed by atoms with Crippen LogP contribution in [0.4, 0.5) is 0 Å². The number of hydrogen-bond donors (Lipinski definition) is 2. The number of carbonyl (C=O) groups excluding carboxylic acids is 1. The Bertz CT molecular complexity index is 433. The molecule has 0 fully saturated rings. The van der Waals surface area contributed by atoms with Gasteiger partial charge in [-0.1, -0.05) is 12.1 Å².